The fourth-order valence-electron chi connectivity index (χ4n) is 3.07. The lowest BCUT2D eigenvalue weighted by Gasteiger charge is -2.33. The molecule has 0 aromatic heterocycles. The number of benzene rings is 1. The predicted octanol–water partition coefficient (Wildman–Crippen LogP) is 3.63. The second-order valence-corrected chi connectivity index (χ2v) is 9.82. The number of carbonyl (C=O) groups is 3. The summed E-state index contributed by atoms with van der Waals surface area (Å²) in [6, 6.07) is 4.07. The lowest BCUT2D eigenvalue weighted by atomic mass is 9.96. The predicted molar refractivity (Wildman–Crippen MR) is 118 cm³/mol. The van der Waals surface area contributed by atoms with Gasteiger partial charge in [-0.15, -0.1) is 0 Å². The molecule has 2 unspecified atom stereocenters. The first-order chi connectivity index (χ1) is 13.5. The Labute approximate surface area is 180 Å². The van der Waals surface area contributed by atoms with E-state index in [-0.39, 0.29) is 5.91 Å². The summed E-state index contributed by atoms with van der Waals surface area (Å²) in [5.41, 5.74) is 1.59. The zero-order valence-electron chi connectivity index (χ0n) is 20.0. The number of hydrogen-bond donors (Lipinski definition) is 2. The van der Waals surface area contributed by atoms with Gasteiger partial charge in [-0.3, -0.25) is 9.59 Å². The normalized spacial score (nSPS) is 13.8. The summed E-state index contributed by atoms with van der Waals surface area (Å²) in [5.74, 6) is -0.676. The van der Waals surface area contributed by atoms with Crippen LogP contribution in [-0.2, 0) is 14.3 Å². The number of rotatable bonds is 5. The largest absolute Gasteiger partial charge is 0.444 e. The van der Waals surface area contributed by atoms with Gasteiger partial charge in [0.25, 0.3) is 0 Å². The van der Waals surface area contributed by atoms with Gasteiger partial charge >= 0.3 is 6.09 Å². The molecule has 168 valence electrons. The van der Waals surface area contributed by atoms with Gasteiger partial charge in [0, 0.05) is 12.6 Å². The molecule has 0 bridgehead atoms. The zero-order valence-corrected chi connectivity index (χ0v) is 20.0. The average molecular weight is 420 g/mol. The second-order valence-electron chi connectivity index (χ2n) is 9.82. The molecule has 0 spiro atoms. The Morgan fingerprint density at radius 2 is 1.60 bits per heavy atom. The van der Waals surface area contributed by atoms with Gasteiger partial charge < -0.3 is 20.3 Å². The Kier molecular flexibility index (Phi) is 8.06. The van der Waals surface area contributed by atoms with Crippen molar-refractivity contribution in [2.45, 2.75) is 85.5 Å². The fourth-order valence-corrected chi connectivity index (χ4v) is 3.07. The van der Waals surface area contributed by atoms with Crippen LogP contribution >= 0.6 is 0 Å². The van der Waals surface area contributed by atoms with E-state index in [1.54, 1.807) is 34.7 Å². The van der Waals surface area contributed by atoms with Gasteiger partial charge in [-0.2, -0.15) is 0 Å². The number of ether oxygens (including phenoxy) is 1. The third kappa shape index (κ3) is 7.69. The van der Waals surface area contributed by atoms with Gasteiger partial charge in [0.2, 0.25) is 11.8 Å². The SMILES string of the molecule is Cc1ccc(C(C(=O)NC(C)(C)C)N(C)C(=O)C(C)NC(=O)OC(C)(C)C)c(C)c1. The summed E-state index contributed by atoms with van der Waals surface area (Å²) < 4.78 is 5.23. The summed E-state index contributed by atoms with van der Waals surface area (Å²) in [5, 5.41) is 5.51. The van der Waals surface area contributed by atoms with Crippen molar-refractivity contribution in [3.63, 3.8) is 0 Å². The maximum Gasteiger partial charge on any atom is 0.408 e. The van der Waals surface area contributed by atoms with E-state index in [9.17, 15) is 14.4 Å². The molecular weight excluding hydrogens is 382 g/mol. The maximum absolute atomic E-state index is 13.2. The quantitative estimate of drug-likeness (QED) is 0.763. The van der Waals surface area contributed by atoms with Crippen LogP contribution in [0.3, 0.4) is 0 Å². The van der Waals surface area contributed by atoms with Gasteiger partial charge in [-0.1, -0.05) is 23.8 Å². The number of nitrogens with one attached hydrogen (secondary N) is 2. The van der Waals surface area contributed by atoms with E-state index < -0.39 is 35.2 Å². The molecule has 0 saturated carbocycles. The second kappa shape index (κ2) is 9.49. The Morgan fingerprint density at radius 1 is 1.03 bits per heavy atom. The standard InChI is InChI=1S/C23H37N3O4/c1-14-11-12-17(15(2)13-14)18(19(27)25-22(4,5)6)26(10)20(28)16(3)24-21(29)30-23(7,8)9/h11-13,16,18H,1-10H3,(H,24,29)(H,25,27). The van der Waals surface area contributed by atoms with Crippen LogP contribution in [0, 0.1) is 13.8 Å². The fraction of sp³-hybridized carbons (Fsp3) is 0.609. The minimum absolute atomic E-state index is 0.283. The van der Waals surface area contributed by atoms with Crippen LogP contribution < -0.4 is 10.6 Å². The number of nitrogens with zero attached hydrogens (tertiary/aromatic N) is 1. The summed E-state index contributed by atoms with van der Waals surface area (Å²) in [4.78, 5) is 39.7. The highest BCUT2D eigenvalue weighted by Gasteiger charge is 2.34. The summed E-state index contributed by atoms with van der Waals surface area (Å²) >= 11 is 0. The molecule has 2 atom stereocenters. The molecule has 0 saturated heterocycles. The third-order valence-corrected chi connectivity index (χ3v) is 4.31. The van der Waals surface area contributed by atoms with Gasteiger partial charge in [0.05, 0.1) is 0 Å². The van der Waals surface area contributed by atoms with Crippen LogP contribution in [0.2, 0.25) is 0 Å². The molecule has 0 fully saturated rings. The minimum Gasteiger partial charge on any atom is -0.444 e. The van der Waals surface area contributed by atoms with Crippen molar-refractivity contribution >= 4 is 17.9 Å². The molecule has 0 aliphatic heterocycles. The summed E-state index contributed by atoms with van der Waals surface area (Å²) in [6.45, 7) is 16.4. The lowest BCUT2D eigenvalue weighted by molar-refractivity contribution is -0.141. The highest BCUT2D eigenvalue weighted by molar-refractivity contribution is 5.92. The molecule has 0 aliphatic rings. The molecule has 0 radical (unpaired) electrons. The molecule has 1 aromatic carbocycles. The van der Waals surface area contributed by atoms with Gasteiger partial charge in [-0.05, 0) is 73.4 Å². The molecule has 3 amide bonds. The maximum atomic E-state index is 13.2. The number of hydrogen-bond acceptors (Lipinski definition) is 4. The molecule has 30 heavy (non-hydrogen) atoms. The monoisotopic (exact) mass is 419 g/mol. The highest BCUT2D eigenvalue weighted by Crippen LogP contribution is 2.26. The first kappa shape index (κ1) is 25.5. The third-order valence-electron chi connectivity index (χ3n) is 4.31. The van der Waals surface area contributed by atoms with Crippen molar-refractivity contribution in [3.8, 4) is 0 Å². The molecule has 0 heterocycles. The van der Waals surface area contributed by atoms with Crippen molar-refractivity contribution in [1.82, 2.24) is 15.5 Å². The van der Waals surface area contributed by atoms with Crippen molar-refractivity contribution < 1.29 is 19.1 Å². The molecule has 7 heteroatoms. The number of aryl methyl sites for hydroxylation is 2. The van der Waals surface area contributed by atoms with Crippen molar-refractivity contribution in [2.75, 3.05) is 7.05 Å². The van der Waals surface area contributed by atoms with E-state index in [0.717, 1.165) is 16.7 Å². The van der Waals surface area contributed by atoms with Gasteiger partial charge in [0.1, 0.15) is 17.7 Å². The van der Waals surface area contributed by atoms with E-state index in [0.29, 0.717) is 0 Å². The topological polar surface area (TPSA) is 87.7 Å². The molecule has 2 N–H and O–H groups in total. The first-order valence-electron chi connectivity index (χ1n) is 10.2. The number of alkyl carbamates (subject to hydrolysis) is 1. The molecule has 1 rings (SSSR count). The van der Waals surface area contributed by atoms with E-state index in [1.807, 2.05) is 52.8 Å². The van der Waals surface area contributed by atoms with E-state index in [2.05, 4.69) is 10.6 Å². The molecule has 0 aliphatic carbocycles. The summed E-state index contributed by atoms with van der Waals surface area (Å²) in [7, 11) is 1.57. The molecule has 1 aromatic rings. The zero-order chi connectivity index (χ0) is 23.4. The Morgan fingerprint density at radius 3 is 2.07 bits per heavy atom. The highest BCUT2D eigenvalue weighted by atomic mass is 16.6. The van der Waals surface area contributed by atoms with Crippen LogP contribution in [0.25, 0.3) is 0 Å². The van der Waals surface area contributed by atoms with E-state index >= 15 is 0 Å². The molecular formula is C23H37N3O4. The van der Waals surface area contributed by atoms with Crippen molar-refractivity contribution in [3.05, 3.63) is 34.9 Å². The van der Waals surface area contributed by atoms with Crippen LogP contribution in [0.5, 0.6) is 0 Å². The van der Waals surface area contributed by atoms with Crippen molar-refractivity contribution in [1.29, 1.82) is 0 Å². The number of amides is 3. The van der Waals surface area contributed by atoms with Gasteiger partial charge in [0.15, 0.2) is 0 Å². The minimum atomic E-state index is -0.861. The van der Waals surface area contributed by atoms with E-state index in [1.165, 1.54) is 4.90 Å². The van der Waals surface area contributed by atoms with E-state index in [4.69, 9.17) is 4.74 Å². The summed E-state index contributed by atoms with van der Waals surface area (Å²) in [6.07, 6.45) is -0.682. The first-order valence-corrected chi connectivity index (χ1v) is 10.2. The van der Waals surface area contributed by atoms with Crippen LogP contribution in [0.4, 0.5) is 4.79 Å². The lowest BCUT2D eigenvalue weighted by Crippen LogP contribution is -2.52. The molecule has 7 nitrogen and oxygen atoms in total. The van der Waals surface area contributed by atoms with Crippen molar-refractivity contribution in [2.24, 2.45) is 0 Å². The Hall–Kier alpha value is -2.57. The van der Waals surface area contributed by atoms with Crippen LogP contribution in [-0.4, -0.2) is 47.0 Å². The smallest absolute Gasteiger partial charge is 0.408 e. The Bertz CT molecular complexity index is 791. The van der Waals surface area contributed by atoms with Crippen LogP contribution in [0.1, 0.15) is 71.2 Å². The average Bonchev–Trinajstić information content (AvgIpc) is 2.52. The number of carbonyl (C=O) groups excluding carboxylic acids is 3. The van der Waals surface area contributed by atoms with Gasteiger partial charge in [-0.25, -0.2) is 4.79 Å². The van der Waals surface area contributed by atoms with Crippen LogP contribution in [0.15, 0.2) is 18.2 Å². The Balaban J connectivity index is 3.18. The number of likely N-dealkylation sites (N-methyl/N-ethyl adjacent to an activating group) is 1.